The van der Waals surface area contributed by atoms with Crippen LogP contribution in [0.15, 0.2) is 73.1 Å². The molecule has 5 rings (SSSR count). The third-order valence-corrected chi connectivity index (χ3v) is 6.00. The third-order valence-electron chi connectivity index (χ3n) is 6.00. The molecule has 0 spiro atoms. The lowest BCUT2D eigenvalue weighted by Gasteiger charge is -2.12. The fourth-order valence-corrected chi connectivity index (χ4v) is 4.25. The monoisotopic (exact) mass is 550 g/mol. The molecule has 36 heavy (non-hydrogen) atoms. The summed E-state index contributed by atoms with van der Waals surface area (Å²) in [4.78, 5) is 5.04. The normalized spacial score (nSPS) is 10.7. The first kappa shape index (κ1) is 25.2. The van der Waals surface area contributed by atoms with Crippen molar-refractivity contribution < 1.29 is 44.7 Å². The number of rotatable bonds is 6. The van der Waals surface area contributed by atoms with E-state index >= 15 is 0 Å². The molecule has 0 saturated heterocycles. The molecule has 0 aliphatic carbocycles. The van der Waals surface area contributed by atoms with Gasteiger partial charge in [-0.3, -0.25) is 0 Å². The zero-order chi connectivity index (χ0) is 24.5. The van der Waals surface area contributed by atoms with E-state index in [1.165, 1.54) is 12.1 Å². The Morgan fingerprint density at radius 2 is 1.31 bits per heavy atom. The van der Waals surface area contributed by atoms with E-state index in [2.05, 4.69) is 0 Å². The zero-order valence-corrected chi connectivity index (χ0v) is 21.8. The first-order chi connectivity index (χ1) is 17.1. The largest absolute Gasteiger partial charge is 1.00 e. The van der Waals surface area contributed by atoms with Gasteiger partial charge in [0, 0.05) is 17.2 Å². The molecule has 0 N–H and O–H groups in total. The lowest BCUT2D eigenvalue weighted by Crippen LogP contribution is -3.00. The van der Waals surface area contributed by atoms with Crippen molar-refractivity contribution in [2.24, 2.45) is 0 Å². The first-order valence-corrected chi connectivity index (χ1v) is 11.0. The summed E-state index contributed by atoms with van der Waals surface area (Å²) in [5.41, 5.74) is 3.94. The van der Waals surface area contributed by atoms with Crippen LogP contribution in [0.1, 0.15) is 0 Å². The second-order valence-electron chi connectivity index (χ2n) is 7.92. The van der Waals surface area contributed by atoms with E-state index in [4.69, 9.17) is 23.9 Å². The fourth-order valence-electron chi connectivity index (χ4n) is 4.25. The van der Waals surface area contributed by atoms with Crippen molar-refractivity contribution in [3.05, 3.63) is 78.9 Å². The molecule has 0 bridgehead atoms. The number of nitrogens with zero attached hydrogens (tertiary/aromatic N) is 2. The van der Waals surface area contributed by atoms with E-state index in [9.17, 15) is 4.39 Å². The maximum Gasteiger partial charge on any atom is 0.245 e. The predicted octanol–water partition coefficient (Wildman–Crippen LogP) is 2.49. The summed E-state index contributed by atoms with van der Waals surface area (Å²) in [5, 5.41) is 1.91. The van der Waals surface area contributed by atoms with Crippen LogP contribution in [0, 0.1) is 5.82 Å². The Hall–Kier alpha value is -3.91. The van der Waals surface area contributed by atoms with Gasteiger partial charge in [0.15, 0.2) is 29.2 Å². The summed E-state index contributed by atoms with van der Waals surface area (Å²) in [6.45, 7) is 0. The molecule has 0 atom stereocenters. The lowest BCUT2D eigenvalue weighted by atomic mass is 10.0. The molecule has 6 nitrogen and oxygen atoms in total. The van der Waals surface area contributed by atoms with E-state index in [0.29, 0.717) is 28.7 Å². The van der Waals surface area contributed by atoms with Crippen LogP contribution in [0.5, 0.6) is 23.0 Å². The van der Waals surface area contributed by atoms with Crippen molar-refractivity contribution in [1.82, 2.24) is 4.98 Å². The molecule has 0 fully saturated rings. The maximum absolute atomic E-state index is 13.6. The van der Waals surface area contributed by atoms with Crippen LogP contribution >= 0.6 is 0 Å². The molecule has 0 amide bonds. The Morgan fingerprint density at radius 3 is 1.97 bits per heavy atom. The average Bonchev–Trinajstić information content (AvgIpc) is 2.91. The standard InChI is InChI=1S/C28H24FN2O4.BrH/c1-32-23-10-7-19(14-24(23)33-2)27-28-21-15-26(35-4)25(34-3)13-18(21)11-12-31(28)16-22(30-27)17-5-8-20(29)9-6-17;/h5-16H,1-4H3;1H/q+1;/p-1. The minimum absolute atomic E-state index is 0. The van der Waals surface area contributed by atoms with Gasteiger partial charge in [0.1, 0.15) is 17.2 Å². The van der Waals surface area contributed by atoms with Gasteiger partial charge in [-0.05, 0) is 60.0 Å². The molecule has 3 aromatic carbocycles. The number of hydrogen-bond donors (Lipinski definition) is 0. The number of ether oxygens (including phenoxy) is 4. The van der Waals surface area contributed by atoms with Crippen LogP contribution in [0.3, 0.4) is 0 Å². The fraction of sp³-hybridized carbons (Fsp3) is 0.143. The smallest absolute Gasteiger partial charge is 0.245 e. The molecule has 0 unspecified atom stereocenters. The molecule has 184 valence electrons. The Bertz CT molecular complexity index is 1560. The van der Waals surface area contributed by atoms with E-state index in [0.717, 1.165) is 33.1 Å². The van der Waals surface area contributed by atoms with Crippen molar-refractivity contribution in [2.75, 3.05) is 28.4 Å². The van der Waals surface area contributed by atoms with Gasteiger partial charge in [0.05, 0.1) is 33.8 Å². The number of halogens is 2. The molecule has 2 aromatic heterocycles. The third kappa shape index (κ3) is 4.40. The summed E-state index contributed by atoms with van der Waals surface area (Å²) in [6, 6.07) is 17.9. The van der Waals surface area contributed by atoms with Crippen LogP contribution < -0.4 is 40.3 Å². The van der Waals surface area contributed by atoms with E-state index in [1.807, 2.05) is 53.2 Å². The van der Waals surface area contributed by atoms with Gasteiger partial charge in [-0.2, -0.15) is 4.40 Å². The van der Waals surface area contributed by atoms with Crippen LogP contribution in [-0.4, -0.2) is 33.4 Å². The van der Waals surface area contributed by atoms with Crippen LogP contribution in [-0.2, 0) is 0 Å². The highest BCUT2D eigenvalue weighted by molar-refractivity contribution is 6.01. The quantitative estimate of drug-likeness (QED) is 0.240. The van der Waals surface area contributed by atoms with E-state index in [1.54, 1.807) is 40.6 Å². The SMILES string of the molecule is COc1ccc(-c2nc(-c3ccc(F)cc3)c[n+]3ccc4cc(OC)c(OC)cc4c23)cc1OC.[Br-]. The highest BCUT2D eigenvalue weighted by Crippen LogP contribution is 2.38. The summed E-state index contributed by atoms with van der Waals surface area (Å²) >= 11 is 0. The minimum atomic E-state index is -0.297. The van der Waals surface area contributed by atoms with Crippen molar-refractivity contribution >= 4 is 16.3 Å². The van der Waals surface area contributed by atoms with Gasteiger partial charge in [-0.1, -0.05) is 0 Å². The Kier molecular flexibility index (Phi) is 7.26. The topological polar surface area (TPSA) is 53.9 Å². The number of aromatic nitrogens is 2. The van der Waals surface area contributed by atoms with Crippen molar-refractivity contribution in [3.8, 4) is 45.5 Å². The highest BCUT2D eigenvalue weighted by Gasteiger charge is 2.22. The van der Waals surface area contributed by atoms with Crippen molar-refractivity contribution in [2.45, 2.75) is 0 Å². The average molecular weight is 551 g/mol. The molecule has 8 heteroatoms. The molecule has 0 aliphatic heterocycles. The predicted molar refractivity (Wildman–Crippen MR) is 132 cm³/mol. The van der Waals surface area contributed by atoms with E-state index < -0.39 is 0 Å². The number of benzene rings is 3. The van der Waals surface area contributed by atoms with Crippen molar-refractivity contribution in [3.63, 3.8) is 0 Å². The maximum atomic E-state index is 13.6. The summed E-state index contributed by atoms with van der Waals surface area (Å²) in [6.07, 6.45) is 3.91. The van der Waals surface area contributed by atoms with Crippen LogP contribution in [0.4, 0.5) is 4.39 Å². The Balaban J connectivity index is 0.00000304. The minimum Gasteiger partial charge on any atom is -1.00 e. The number of methoxy groups -OCH3 is 4. The molecule has 0 aliphatic rings. The summed E-state index contributed by atoms with van der Waals surface area (Å²) in [7, 11) is 6.43. The number of hydrogen-bond acceptors (Lipinski definition) is 5. The van der Waals surface area contributed by atoms with Gasteiger partial charge < -0.3 is 35.9 Å². The lowest BCUT2D eigenvalue weighted by molar-refractivity contribution is -0.510. The van der Waals surface area contributed by atoms with E-state index in [-0.39, 0.29) is 22.8 Å². The second-order valence-corrected chi connectivity index (χ2v) is 7.92. The zero-order valence-electron chi connectivity index (χ0n) is 20.2. The summed E-state index contributed by atoms with van der Waals surface area (Å²) in [5.74, 6) is 2.19. The first-order valence-electron chi connectivity index (χ1n) is 11.0. The number of pyridine rings is 1. The molecule has 2 heterocycles. The van der Waals surface area contributed by atoms with Crippen LogP contribution in [0.25, 0.3) is 38.8 Å². The number of fused-ring (bicyclic) bond motifs is 3. The molecule has 0 radical (unpaired) electrons. The van der Waals surface area contributed by atoms with Gasteiger partial charge in [-0.15, -0.1) is 0 Å². The van der Waals surface area contributed by atoms with Gasteiger partial charge in [0.25, 0.3) is 0 Å². The Morgan fingerprint density at radius 1 is 0.694 bits per heavy atom. The second kappa shape index (κ2) is 10.4. The van der Waals surface area contributed by atoms with Gasteiger partial charge in [0.2, 0.25) is 11.7 Å². The molecular formula is C28H24BrFN2O4. The Labute approximate surface area is 218 Å². The van der Waals surface area contributed by atoms with Crippen molar-refractivity contribution in [1.29, 1.82) is 0 Å². The molecule has 0 saturated carbocycles. The van der Waals surface area contributed by atoms with Crippen LogP contribution in [0.2, 0.25) is 0 Å². The summed E-state index contributed by atoms with van der Waals surface area (Å²) < 4.78 is 37.7. The van der Waals surface area contributed by atoms with Gasteiger partial charge >= 0.3 is 0 Å². The molecule has 5 aromatic rings. The molecular weight excluding hydrogens is 527 g/mol. The van der Waals surface area contributed by atoms with Gasteiger partial charge in [-0.25, -0.2) is 9.37 Å². The highest BCUT2D eigenvalue weighted by atomic mass is 79.9.